The molecule has 3 heterocycles. The molecule has 5 rings (SSSR count). The van der Waals surface area contributed by atoms with Crippen molar-refractivity contribution in [3.63, 3.8) is 0 Å². The summed E-state index contributed by atoms with van der Waals surface area (Å²) in [5, 5.41) is 4.90. The Morgan fingerprint density at radius 1 is 0.938 bits per heavy atom. The number of hydrogen-bond donors (Lipinski definition) is 0. The van der Waals surface area contributed by atoms with Crippen LogP contribution in [0.4, 0.5) is 0 Å². The molecule has 0 aliphatic carbocycles. The van der Waals surface area contributed by atoms with Crippen LogP contribution in [0.1, 0.15) is 27.2 Å². The van der Waals surface area contributed by atoms with Crippen molar-refractivity contribution in [1.29, 1.82) is 0 Å². The van der Waals surface area contributed by atoms with Gasteiger partial charge < -0.3 is 18.9 Å². The topological polar surface area (TPSA) is 61.5 Å². The lowest BCUT2D eigenvalue weighted by atomic mass is 10.1. The number of carbonyl (C=O) groups is 1. The van der Waals surface area contributed by atoms with Gasteiger partial charge in [-0.05, 0) is 48.9 Å². The molecule has 4 aromatic rings. The van der Waals surface area contributed by atoms with E-state index >= 15 is 0 Å². The Morgan fingerprint density at radius 3 is 2.31 bits per heavy atom. The van der Waals surface area contributed by atoms with Gasteiger partial charge in [0.15, 0.2) is 0 Å². The van der Waals surface area contributed by atoms with Gasteiger partial charge in [-0.2, -0.15) is 5.10 Å². The molecule has 0 saturated carbocycles. The Morgan fingerprint density at radius 2 is 1.66 bits per heavy atom. The summed E-state index contributed by atoms with van der Waals surface area (Å²) in [6.07, 6.45) is 4.00. The van der Waals surface area contributed by atoms with Crippen LogP contribution in [0.5, 0.6) is 11.5 Å². The van der Waals surface area contributed by atoms with Crippen LogP contribution >= 0.6 is 0 Å². The van der Waals surface area contributed by atoms with E-state index in [1.807, 2.05) is 41.3 Å². The zero-order chi connectivity index (χ0) is 22.2. The van der Waals surface area contributed by atoms with Crippen molar-refractivity contribution in [2.45, 2.75) is 20.0 Å². The van der Waals surface area contributed by atoms with E-state index < -0.39 is 0 Å². The summed E-state index contributed by atoms with van der Waals surface area (Å²) in [6, 6.07) is 17.5. The minimum atomic E-state index is -0.0826. The summed E-state index contributed by atoms with van der Waals surface area (Å²) in [5.74, 6) is 2.04. The molecule has 1 aliphatic heterocycles. The second kappa shape index (κ2) is 7.92. The third-order valence-corrected chi connectivity index (χ3v) is 5.71. The first-order chi connectivity index (χ1) is 15.6. The smallest absolute Gasteiger partial charge is 0.254 e. The number of rotatable bonds is 5. The summed E-state index contributed by atoms with van der Waals surface area (Å²) >= 11 is 0. The van der Waals surface area contributed by atoms with Gasteiger partial charge in [0.2, 0.25) is 0 Å². The lowest BCUT2D eigenvalue weighted by molar-refractivity contribution is 0.0748. The fourth-order valence-corrected chi connectivity index (χ4v) is 4.14. The minimum absolute atomic E-state index is 0.0826. The summed E-state index contributed by atoms with van der Waals surface area (Å²) < 4.78 is 14.7. The van der Waals surface area contributed by atoms with E-state index in [2.05, 4.69) is 23.6 Å². The molecule has 1 amide bonds. The van der Waals surface area contributed by atoms with Gasteiger partial charge in [-0.25, -0.2) is 4.68 Å². The monoisotopic (exact) mass is 428 g/mol. The Bertz CT molecular complexity index is 1270. The molecule has 162 valence electrons. The Labute approximate surface area is 186 Å². The lowest BCUT2D eigenvalue weighted by Gasteiger charge is -2.18. The quantitative estimate of drug-likeness (QED) is 0.479. The first kappa shape index (κ1) is 19.9. The molecule has 0 fully saturated rings. The Balaban J connectivity index is 1.52. The lowest BCUT2D eigenvalue weighted by Crippen LogP contribution is -2.26. The van der Waals surface area contributed by atoms with Gasteiger partial charge in [-0.15, -0.1) is 0 Å². The number of carbonyl (C=O) groups excluding carboxylic acids is 1. The summed E-state index contributed by atoms with van der Waals surface area (Å²) in [4.78, 5) is 15.1. The molecule has 7 heteroatoms. The largest absolute Gasteiger partial charge is 0.497 e. The minimum Gasteiger partial charge on any atom is -0.497 e. The Kier molecular flexibility index (Phi) is 4.93. The summed E-state index contributed by atoms with van der Waals surface area (Å²) in [5.41, 5.74) is 4.64. The van der Waals surface area contributed by atoms with Crippen LogP contribution in [0.15, 0.2) is 67.0 Å². The third kappa shape index (κ3) is 3.41. The average Bonchev–Trinajstić information content (AvgIpc) is 3.54. The van der Waals surface area contributed by atoms with Crippen molar-refractivity contribution in [3.05, 3.63) is 89.4 Å². The second-order valence-corrected chi connectivity index (χ2v) is 7.85. The van der Waals surface area contributed by atoms with Crippen LogP contribution in [0.25, 0.3) is 11.5 Å². The number of aromatic nitrogens is 3. The SMILES string of the molecule is COc1cc(OC)cc(C(=O)N2Cc3nn(-c4cccc(C)c4)c(-n4cccc4)c3C2)c1. The van der Waals surface area contributed by atoms with Crippen molar-refractivity contribution in [2.24, 2.45) is 0 Å². The number of ether oxygens (including phenoxy) is 2. The number of amides is 1. The molecule has 0 saturated heterocycles. The van der Waals surface area contributed by atoms with Crippen molar-refractivity contribution in [2.75, 3.05) is 14.2 Å². The highest BCUT2D eigenvalue weighted by molar-refractivity contribution is 5.95. The summed E-state index contributed by atoms with van der Waals surface area (Å²) in [7, 11) is 3.15. The van der Waals surface area contributed by atoms with Crippen molar-refractivity contribution in [1.82, 2.24) is 19.2 Å². The fourth-order valence-electron chi connectivity index (χ4n) is 4.14. The van der Waals surface area contributed by atoms with Gasteiger partial charge >= 0.3 is 0 Å². The van der Waals surface area contributed by atoms with Gasteiger partial charge in [-0.1, -0.05) is 12.1 Å². The highest BCUT2D eigenvalue weighted by Gasteiger charge is 2.32. The average molecular weight is 428 g/mol. The molecule has 0 unspecified atom stereocenters. The van der Waals surface area contributed by atoms with Crippen LogP contribution in [0, 0.1) is 6.92 Å². The standard InChI is InChI=1S/C25H24N4O3/c1-17-7-6-8-19(11-17)29-24(27-9-4-5-10-27)22-15-28(16-23(22)26-29)25(30)18-12-20(31-2)14-21(13-18)32-3/h4-14H,15-16H2,1-3H3. The van der Waals surface area contributed by atoms with Crippen LogP contribution in [-0.2, 0) is 13.1 Å². The van der Waals surface area contributed by atoms with Crippen LogP contribution < -0.4 is 9.47 Å². The maximum atomic E-state index is 13.3. The van der Waals surface area contributed by atoms with Gasteiger partial charge in [0.05, 0.1) is 38.7 Å². The molecule has 0 bridgehead atoms. The first-order valence-corrected chi connectivity index (χ1v) is 10.4. The molecule has 0 radical (unpaired) electrons. The predicted octanol–water partition coefficient (Wildman–Crippen LogP) is 4.14. The molecule has 2 aromatic heterocycles. The van der Waals surface area contributed by atoms with E-state index in [4.69, 9.17) is 14.6 Å². The maximum absolute atomic E-state index is 13.3. The molecule has 7 nitrogen and oxygen atoms in total. The fraction of sp³-hybridized carbons (Fsp3) is 0.200. The molecular weight excluding hydrogens is 404 g/mol. The molecule has 0 spiro atoms. The Hall–Kier alpha value is -4.00. The van der Waals surface area contributed by atoms with Crippen LogP contribution in [0.3, 0.4) is 0 Å². The number of aryl methyl sites for hydroxylation is 1. The number of methoxy groups -OCH3 is 2. The first-order valence-electron chi connectivity index (χ1n) is 10.4. The molecular formula is C25H24N4O3. The number of benzene rings is 2. The van der Waals surface area contributed by atoms with Gasteiger partial charge in [-0.3, -0.25) is 4.79 Å². The van der Waals surface area contributed by atoms with Crippen molar-refractivity contribution in [3.8, 4) is 23.0 Å². The van der Waals surface area contributed by atoms with Crippen LogP contribution in [-0.4, -0.2) is 39.4 Å². The number of hydrogen-bond acceptors (Lipinski definition) is 4. The van der Waals surface area contributed by atoms with Gasteiger partial charge in [0.1, 0.15) is 17.3 Å². The van der Waals surface area contributed by atoms with Crippen molar-refractivity contribution >= 4 is 5.91 Å². The van der Waals surface area contributed by atoms with Gasteiger partial charge in [0, 0.05) is 29.6 Å². The van der Waals surface area contributed by atoms with Crippen molar-refractivity contribution < 1.29 is 14.3 Å². The highest BCUT2D eigenvalue weighted by Crippen LogP contribution is 2.32. The van der Waals surface area contributed by atoms with E-state index in [9.17, 15) is 4.79 Å². The summed E-state index contributed by atoms with van der Waals surface area (Å²) in [6.45, 7) is 2.99. The number of fused-ring (bicyclic) bond motifs is 1. The maximum Gasteiger partial charge on any atom is 0.254 e. The predicted molar refractivity (Wildman–Crippen MR) is 121 cm³/mol. The molecule has 0 N–H and O–H groups in total. The molecule has 1 aliphatic rings. The molecule has 0 atom stereocenters. The van der Waals surface area contributed by atoms with Crippen LogP contribution in [0.2, 0.25) is 0 Å². The molecule has 32 heavy (non-hydrogen) atoms. The zero-order valence-corrected chi connectivity index (χ0v) is 18.3. The number of nitrogens with zero attached hydrogens (tertiary/aromatic N) is 4. The van der Waals surface area contributed by atoms with E-state index in [1.54, 1.807) is 37.3 Å². The highest BCUT2D eigenvalue weighted by atomic mass is 16.5. The third-order valence-electron chi connectivity index (χ3n) is 5.71. The zero-order valence-electron chi connectivity index (χ0n) is 18.3. The van der Waals surface area contributed by atoms with E-state index in [0.717, 1.165) is 22.8 Å². The van der Waals surface area contributed by atoms with E-state index in [1.165, 1.54) is 5.56 Å². The normalized spacial score (nSPS) is 12.7. The van der Waals surface area contributed by atoms with E-state index in [0.29, 0.717) is 30.2 Å². The van der Waals surface area contributed by atoms with Gasteiger partial charge in [0.25, 0.3) is 5.91 Å². The molecule has 2 aromatic carbocycles. The second-order valence-electron chi connectivity index (χ2n) is 7.85. The van der Waals surface area contributed by atoms with E-state index in [-0.39, 0.29) is 5.91 Å².